The van der Waals surface area contributed by atoms with Gasteiger partial charge >= 0.3 is 5.97 Å². The van der Waals surface area contributed by atoms with Gasteiger partial charge in [-0.3, -0.25) is 4.57 Å². The van der Waals surface area contributed by atoms with Gasteiger partial charge in [-0.25, -0.2) is 14.2 Å². The van der Waals surface area contributed by atoms with Crippen LogP contribution in [0.1, 0.15) is 10.4 Å². The summed E-state index contributed by atoms with van der Waals surface area (Å²) in [6.07, 6.45) is 1.50. The average Bonchev–Trinajstić information content (AvgIpc) is 2.87. The Balaban J connectivity index is 2.25. The van der Waals surface area contributed by atoms with E-state index in [2.05, 4.69) is 4.98 Å². The number of halogens is 3. The van der Waals surface area contributed by atoms with Crippen LogP contribution in [-0.2, 0) is 0 Å². The van der Waals surface area contributed by atoms with E-state index in [1.807, 2.05) is 0 Å². The molecule has 0 aliphatic heterocycles. The number of aromatic nitrogens is 2. The second kappa shape index (κ2) is 5.02. The van der Waals surface area contributed by atoms with Crippen LogP contribution in [0.3, 0.4) is 0 Å². The third kappa shape index (κ3) is 2.34. The van der Waals surface area contributed by atoms with Crippen LogP contribution in [0.4, 0.5) is 4.39 Å². The minimum atomic E-state index is -1.04. The van der Waals surface area contributed by atoms with Crippen LogP contribution in [0.15, 0.2) is 36.7 Å². The van der Waals surface area contributed by atoms with Gasteiger partial charge in [0.1, 0.15) is 6.33 Å². The van der Waals surface area contributed by atoms with Crippen LogP contribution in [0.5, 0.6) is 0 Å². The monoisotopic (exact) mass is 324 g/mol. The van der Waals surface area contributed by atoms with Gasteiger partial charge < -0.3 is 5.11 Å². The minimum absolute atomic E-state index is 0.117. The van der Waals surface area contributed by atoms with E-state index < -0.39 is 11.8 Å². The molecule has 0 unspecified atom stereocenters. The third-order valence-electron chi connectivity index (χ3n) is 3.04. The van der Waals surface area contributed by atoms with Crippen molar-refractivity contribution in [3.8, 4) is 5.69 Å². The van der Waals surface area contributed by atoms with E-state index in [1.54, 1.807) is 10.6 Å². The van der Waals surface area contributed by atoms with Crippen molar-refractivity contribution >= 4 is 40.2 Å². The van der Waals surface area contributed by atoms with Gasteiger partial charge in [-0.05, 0) is 30.3 Å². The van der Waals surface area contributed by atoms with Gasteiger partial charge in [0.05, 0.1) is 32.3 Å². The first-order chi connectivity index (χ1) is 9.97. The molecule has 3 rings (SSSR count). The van der Waals surface area contributed by atoms with Crippen molar-refractivity contribution in [2.45, 2.75) is 0 Å². The molecule has 0 radical (unpaired) electrons. The number of nitrogens with zero attached hydrogens (tertiary/aromatic N) is 2. The summed E-state index contributed by atoms with van der Waals surface area (Å²) in [5.41, 5.74) is 1.80. The van der Waals surface area contributed by atoms with Gasteiger partial charge in [0.25, 0.3) is 0 Å². The number of benzene rings is 2. The maximum absolute atomic E-state index is 13.5. The largest absolute Gasteiger partial charge is 0.478 e. The van der Waals surface area contributed by atoms with Crippen LogP contribution < -0.4 is 0 Å². The molecule has 0 aliphatic rings. The number of carboxylic acid groups (broad SMARTS) is 1. The van der Waals surface area contributed by atoms with Crippen LogP contribution >= 0.6 is 23.2 Å². The zero-order chi connectivity index (χ0) is 15.1. The molecule has 0 spiro atoms. The lowest BCUT2D eigenvalue weighted by Gasteiger charge is -2.07. The molecule has 21 heavy (non-hydrogen) atoms. The second-order valence-electron chi connectivity index (χ2n) is 4.35. The van der Waals surface area contributed by atoms with Crippen LogP contribution in [0, 0.1) is 5.82 Å². The zero-order valence-corrected chi connectivity index (χ0v) is 11.9. The number of aromatic carboxylic acids is 1. The normalized spacial score (nSPS) is 11.0. The highest BCUT2D eigenvalue weighted by Crippen LogP contribution is 2.28. The molecule has 106 valence electrons. The number of hydrogen-bond donors (Lipinski definition) is 1. The topological polar surface area (TPSA) is 55.1 Å². The summed E-state index contributed by atoms with van der Waals surface area (Å²) in [5, 5.41) is 8.81. The lowest BCUT2D eigenvalue weighted by atomic mass is 10.2. The molecule has 0 aliphatic carbocycles. The van der Waals surface area contributed by atoms with Gasteiger partial charge in [0.15, 0.2) is 5.82 Å². The summed E-state index contributed by atoms with van der Waals surface area (Å²) in [6.45, 7) is 0. The fraction of sp³-hybridized carbons (Fsp3) is 0. The summed E-state index contributed by atoms with van der Waals surface area (Å²) in [7, 11) is 0. The summed E-state index contributed by atoms with van der Waals surface area (Å²) >= 11 is 11.6. The lowest BCUT2D eigenvalue weighted by Crippen LogP contribution is -1.98. The van der Waals surface area contributed by atoms with Crippen molar-refractivity contribution in [3.63, 3.8) is 0 Å². The average molecular weight is 325 g/mol. The Morgan fingerprint density at radius 3 is 2.48 bits per heavy atom. The maximum Gasteiger partial charge on any atom is 0.335 e. The summed E-state index contributed by atoms with van der Waals surface area (Å²) in [4.78, 5) is 15.2. The third-order valence-corrected chi connectivity index (χ3v) is 3.59. The summed E-state index contributed by atoms with van der Waals surface area (Å²) in [5.74, 6) is -1.74. The molecule has 0 fully saturated rings. The smallest absolute Gasteiger partial charge is 0.335 e. The van der Waals surface area contributed by atoms with Gasteiger partial charge in [0.2, 0.25) is 0 Å². The molecule has 0 saturated carbocycles. The van der Waals surface area contributed by atoms with Crippen molar-refractivity contribution in [1.82, 2.24) is 9.55 Å². The highest BCUT2D eigenvalue weighted by molar-refractivity contribution is 6.35. The molecule has 7 heteroatoms. The highest BCUT2D eigenvalue weighted by atomic mass is 35.5. The van der Waals surface area contributed by atoms with Crippen molar-refractivity contribution < 1.29 is 14.3 Å². The van der Waals surface area contributed by atoms with E-state index in [1.165, 1.54) is 30.6 Å². The van der Waals surface area contributed by atoms with Crippen molar-refractivity contribution in [3.05, 3.63) is 58.1 Å². The molecule has 0 bridgehead atoms. The Morgan fingerprint density at radius 1 is 1.19 bits per heavy atom. The molecular weight excluding hydrogens is 318 g/mol. The fourth-order valence-corrected chi connectivity index (χ4v) is 2.50. The van der Waals surface area contributed by atoms with Crippen LogP contribution in [0.2, 0.25) is 10.0 Å². The molecule has 4 nitrogen and oxygen atoms in total. The van der Waals surface area contributed by atoms with E-state index >= 15 is 0 Å². The maximum atomic E-state index is 13.5. The van der Waals surface area contributed by atoms with Gasteiger partial charge in [0, 0.05) is 0 Å². The standard InChI is InChI=1S/C14H7Cl2FN2O2/c15-9-4-8(5-10(16)13(9)17)19-6-18-11-2-1-7(14(20)21)3-12(11)19/h1-6H,(H,20,21). The summed E-state index contributed by atoms with van der Waals surface area (Å²) < 4.78 is 15.1. The SMILES string of the molecule is O=C(O)c1ccc2ncn(-c3cc(Cl)c(F)c(Cl)c3)c2c1. The first-order valence-corrected chi connectivity index (χ1v) is 6.58. The Bertz CT molecular complexity index is 854. The molecule has 2 aromatic carbocycles. The number of hydrogen-bond acceptors (Lipinski definition) is 2. The fourth-order valence-electron chi connectivity index (χ4n) is 2.03. The molecular formula is C14H7Cl2FN2O2. The van der Waals surface area contributed by atoms with Crippen molar-refractivity contribution in [1.29, 1.82) is 0 Å². The molecule has 0 amide bonds. The number of rotatable bonds is 2. The van der Waals surface area contributed by atoms with E-state index in [0.717, 1.165) is 0 Å². The first kappa shape index (κ1) is 13.9. The van der Waals surface area contributed by atoms with Crippen LogP contribution in [-0.4, -0.2) is 20.6 Å². The Kier molecular flexibility index (Phi) is 3.31. The predicted octanol–water partition coefficient (Wildman–Crippen LogP) is 4.17. The first-order valence-electron chi connectivity index (χ1n) is 5.82. The molecule has 3 aromatic rings. The van der Waals surface area contributed by atoms with Crippen molar-refractivity contribution in [2.24, 2.45) is 0 Å². The van der Waals surface area contributed by atoms with E-state index in [0.29, 0.717) is 16.7 Å². The lowest BCUT2D eigenvalue weighted by molar-refractivity contribution is 0.0697. The molecule has 1 N–H and O–H groups in total. The Morgan fingerprint density at radius 2 is 1.86 bits per heavy atom. The number of fused-ring (bicyclic) bond motifs is 1. The van der Waals surface area contributed by atoms with E-state index in [9.17, 15) is 9.18 Å². The molecule has 1 aromatic heterocycles. The number of carboxylic acids is 1. The Labute approximate surface area is 128 Å². The zero-order valence-electron chi connectivity index (χ0n) is 10.3. The second-order valence-corrected chi connectivity index (χ2v) is 5.16. The number of carbonyl (C=O) groups is 1. The van der Waals surface area contributed by atoms with E-state index in [-0.39, 0.29) is 15.6 Å². The predicted molar refractivity (Wildman–Crippen MR) is 78.0 cm³/mol. The minimum Gasteiger partial charge on any atom is -0.478 e. The van der Waals surface area contributed by atoms with Gasteiger partial charge in [-0.15, -0.1) is 0 Å². The van der Waals surface area contributed by atoms with E-state index in [4.69, 9.17) is 28.3 Å². The molecule has 1 heterocycles. The van der Waals surface area contributed by atoms with Crippen molar-refractivity contribution in [2.75, 3.05) is 0 Å². The highest BCUT2D eigenvalue weighted by Gasteiger charge is 2.12. The summed E-state index contributed by atoms with van der Waals surface area (Å²) in [6, 6.07) is 7.35. The number of imidazole rings is 1. The molecule has 0 saturated heterocycles. The molecule has 0 atom stereocenters. The Hall–Kier alpha value is -2.11. The van der Waals surface area contributed by atoms with Gasteiger partial charge in [-0.2, -0.15) is 0 Å². The quantitative estimate of drug-likeness (QED) is 0.720. The van der Waals surface area contributed by atoms with Gasteiger partial charge in [-0.1, -0.05) is 23.2 Å². The van der Waals surface area contributed by atoms with Crippen LogP contribution in [0.25, 0.3) is 16.7 Å².